The second kappa shape index (κ2) is 7.37. The van der Waals surface area contributed by atoms with Gasteiger partial charge < -0.3 is 5.73 Å². The molecule has 0 aromatic heterocycles. The first-order chi connectivity index (χ1) is 8.58. The van der Waals surface area contributed by atoms with Gasteiger partial charge in [0, 0.05) is 18.8 Å². The quantitative estimate of drug-likeness (QED) is 0.750. The highest BCUT2D eigenvalue weighted by Crippen LogP contribution is 2.15. The molecular formula is C15H25FN2. The Labute approximate surface area is 110 Å². The number of hydrogen-bond donors (Lipinski definition) is 1. The molecule has 1 rings (SSSR count). The zero-order valence-corrected chi connectivity index (χ0v) is 11.7. The topological polar surface area (TPSA) is 29.3 Å². The molecule has 2 N–H and O–H groups in total. The minimum Gasteiger partial charge on any atom is -0.399 e. The molecule has 0 aliphatic carbocycles. The Hall–Kier alpha value is -1.09. The lowest BCUT2D eigenvalue weighted by Crippen LogP contribution is -2.28. The van der Waals surface area contributed by atoms with Gasteiger partial charge in [0.1, 0.15) is 5.82 Å². The molecule has 0 aliphatic heterocycles. The number of nitrogens with two attached hydrogens (primary N) is 1. The number of rotatable bonds is 7. The number of halogens is 1. The van der Waals surface area contributed by atoms with E-state index in [-0.39, 0.29) is 5.82 Å². The largest absolute Gasteiger partial charge is 0.399 e. The van der Waals surface area contributed by atoms with E-state index in [0.29, 0.717) is 5.69 Å². The summed E-state index contributed by atoms with van der Waals surface area (Å²) in [6.45, 7) is 9.41. The van der Waals surface area contributed by atoms with E-state index in [1.165, 1.54) is 18.9 Å². The van der Waals surface area contributed by atoms with Gasteiger partial charge in [0.05, 0.1) is 0 Å². The van der Waals surface area contributed by atoms with E-state index in [9.17, 15) is 4.39 Å². The molecule has 0 aliphatic rings. The van der Waals surface area contributed by atoms with Gasteiger partial charge >= 0.3 is 0 Å². The molecular weight excluding hydrogens is 227 g/mol. The van der Waals surface area contributed by atoms with Crippen LogP contribution in [0, 0.1) is 11.7 Å². The van der Waals surface area contributed by atoms with E-state index >= 15 is 0 Å². The van der Waals surface area contributed by atoms with Crippen LogP contribution in [-0.4, -0.2) is 18.0 Å². The molecule has 0 heterocycles. The van der Waals surface area contributed by atoms with E-state index < -0.39 is 0 Å². The molecule has 0 radical (unpaired) electrons. The van der Waals surface area contributed by atoms with Crippen LogP contribution in [0.4, 0.5) is 10.1 Å². The molecule has 2 nitrogen and oxygen atoms in total. The standard InChI is InChI=1S/C15H25FN2/c1-4-12(5-2)10-18(6-3)11-13-7-14(16)9-15(17)8-13/h7-9,12H,4-6,10-11,17H2,1-3H3. The lowest BCUT2D eigenvalue weighted by Gasteiger charge is -2.25. The molecule has 0 bridgehead atoms. The van der Waals surface area contributed by atoms with Crippen LogP contribution in [0.25, 0.3) is 0 Å². The van der Waals surface area contributed by atoms with Gasteiger partial charge in [-0.15, -0.1) is 0 Å². The van der Waals surface area contributed by atoms with Crippen molar-refractivity contribution >= 4 is 5.69 Å². The predicted molar refractivity (Wildman–Crippen MR) is 75.8 cm³/mol. The van der Waals surface area contributed by atoms with Crippen LogP contribution in [0.5, 0.6) is 0 Å². The summed E-state index contributed by atoms with van der Waals surface area (Å²) < 4.78 is 13.3. The average molecular weight is 252 g/mol. The zero-order valence-electron chi connectivity index (χ0n) is 11.7. The molecule has 0 saturated heterocycles. The summed E-state index contributed by atoms with van der Waals surface area (Å²) in [5, 5.41) is 0. The van der Waals surface area contributed by atoms with E-state index in [1.807, 2.05) is 6.07 Å². The minimum absolute atomic E-state index is 0.247. The maximum Gasteiger partial charge on any atom is 0.125 e. The Kier molecular flexibility index (Phi) is 6.13. The molecule has 0 atom stereocenters. The molecule has 1 aromatic carbocycles. The number of anilines is 1. The maximum absolute atomic E-state index is 13.3. The highest BCUT2D eigenvalue weighted by Gasteiger charge is 2.11. The maximum atomic E-state index is 13.3. The smallest absolute Gasteiger partial charge is 0.125 e. The fraction of sp³-hybridized carbons (Fsp3) is 0.600. The zero-order chi connectivity index (χ0) is 13.5. The lowest BCUT2D eigenvalue weighted by molar-refractivity contribution is 0.226. The summed E-state index contributed by atoms with van der Waals surface area (Å²) in [5.41, 5.74) is 7.13. The van der Waals surface area contributed by atoms with Gasteiger partial charge in [0.15, 0.2) is 0 Å². The fourth-order valence-electron chi connectivity index (χ4n) is 2.24. The van der Waals surface area contributed by atoms with Crippen LogP contribution in [-0.2, 0) is 6.54 Å². The van der Waals surface area contributed by atoms with E-state index in [0.717, 1.165) is 31.1 Å². The fourth-order valence-corrected chi connectivity index (χ4v) is 2.24. The Balaban J connectivity index is 2.67. The summed E-state index contributed by atoms with van der Waals surface area (Å²) >= 11 is 0. The summed E-state index contributed by atoms with van der Waals surface area (Å²) in [4.78, 5) is 2.35. The monoisotopic (exact) mass is 252 g/mol. The van der Waals surface area contributed by atoms with Crippen molar-refractivity contribution in [3.8, 4) is 0 Å². The third-order valence-electron chi connectivity index (χ3n) is 3.50. The normalized spacial score (nSPS) is 11.4. The van der Waals surface area contributed by atoms with E-state index in [1.54, 1.807) is 6.07 Å². The van der Waals surface area contributed by atoms with Crippen molar-refractivity contribution in [2.45, 2.75) is 40.2 Å². The van der Waals surface area contributed by atoms with Gasteiger partial charge in [-0.3, -0.25) is 4.90 Å². The lowest BCUT2D eigenvalue weighted by atomic mass is 10.0. The Bertz CT molecular complexity index is 341. The molecule has 18 heavy (non-hydrogen) atoms. The van der Waals surface area contributed by atoms with Crippen molar-refractivity contribution in [2.24, 2.45) is 5.92 Å². The van der Waals surface area contributed by atoms with Crippen LogP contribution < -0.4 is 5.73 Å². The molecule has 0 saturated carbocycles. The summed E-state index contributed by atoms with van der Waals surface area (Å²) in [6, 6.07) is 4.80. The SMILES string of the molecule is CCC(CC)CN(CC)Cc1cc(N)cc(F)c1. The Morgan fingerprint density at radius 1 is 1.17 bits per heavy atom. The number of nitrogen functional groups attached to an aromatic ring is 1. The van der Waals surface area contributed by atoms with Gasteiger partial charge in [-0.25, -0.2) is 4.39 Å². The summed E-state index contributed by atoms with van der Waals surface area (Å²) in [7, 11) is 0. The van der Waals surface area contributed by atoms with Crippen LogP contribution in [0.2, 0.25) is 0 Å². The molecule has 3 heteroatoms. The highest BCUT2D eigenvalue weighted by molar-refractivity contribution is 5.41. The van der Waals surface area contributed by atoms with Crippen LogP contribution in [0.3, 0.4) is 0 Å². The molecule has 102 valence electrons. The third-order valence-corrected chi connectivity index (χ3v) is 3.50. The van der Waals surface area contributed by atoms with Gasteiger partial charge in [0.2, 0.25) is 0 Å². The Morgan fingerprint density at radius 2 is 1.83 bits per heavy atom. The first-order valence-electron chi connectivity index (χ1n) is 6.86. The van der Waals surface area contributed by atoms with Gasteiger partial charge in [-0.1, -0.05) is 33.6 Å². The molecule has 0 spiro atoms. The van der Waals surface area contributed by atoms with Gasteiger partial charge in [-0.05, 0) is 36.2 Å². The number of nitrogens with zero attached hydrogens (tertiary/aromatic N) is 1. The van der Waals surface area contributed by atoms with E-state index in [2.05, 4.69) is 25.7 Å². The van der Waals surface area contributed by atoms with Crippen molar-refractivity contribution in [3.63, 3.8) is 0 Å². The van der Waals surface area contributed by atoms with Gasteiger partial charge in [0.25, 0.3) is 0 Å². The Morgan fingerprint density at radius 3 is 2.33 bits per heavy atom. The van der Waals surface area contributed by atoms with Crippen molar-refractivity contribution in [3.05, 3.63) is 29.6 Å². The molecule has 0 unspecified atom stereocenters. The number of benzene rings is 1. The van der Waals surface area contributed by atoms with E-state index in [4.69, 9.17) is 5.73 Å². The molecule has 0 amide bonds. The first kappa shape index (κ1) is 15.0. The summed E-state index contributed by atoms with van der Waals surface area (Å²) in [6.07, 6.45) is 2.39. The predicted octanol–water partition coefficient (Wildman–Crippen LogP) is 3.67. The molecule has 0 fully saturated rings. The highest BCUT2D eigenvalue weighted by atomic mass is 19.1. The second-order valence-corrected chi connectivity index (χ2v) is 4.90. The van der Waals surface area contributed by atoms with Gasteiger partial charge in [-0.2, -0.15) is 0 Å². The number of hydrogen-bond acceptors (Lipinski definition) is 2. The van der Waals surface area contributed by atoms with Crippen LogP contribution in [0.15, 0.2) is 18.2 Å². The van der Waals surface area contributed by atoms with Crippen molar-refractivity contribution in [1.82, 2.24) is 4.90 Å². The van der Waals surface area contributed by atoms with Crippen LogP contribution in [0.1, 0.15) is 39.2 Å². The van der Waals surface area contributed by atoms with Crippen molar-refractivity contribution in [1.29, 1.82) is 0 Å². The van der Waals surface area contributed by atoms with Crippen molar-refractivity contribution < 1.29 is 4.39 Å². The second-order valence-electron chi connectivity index (χ2n) is 4.90. The first-order valence-corrected chi connectivity index (χ1v) is 6.86. The third kappa shape index (κ3) is 4.65. The molecule has 1 aromatic rings. The van der Waals surface area contributed by atoms with Crippen LogP contribution >= 0.6 is 0 Å². The van der Waals surface area contributed by atoms with Crippen molar-refractivity contribution in [2.75, 3.05) is 18.8 Å². The summed E-state index contributed by atoms with van der Waals surface area (Å²) in [5.74, 6) is 0.472. The minimum atomic E-state index is -0.247. The average Bonchev–Trinajstić information content (AvgIpc) is 2.33.